The molecular weight excluding hydrogens is 632 g/mol. The Morgan fingerprint density at radius 1 is 0.932 bits per heavy atom. The summed E-state index contributed by atoms with van der Waals surface area (Å²) in [5.74, 6) is -1.20. The molecule has 0 bridgehead atoms. The zero-order chi connectivity index (χ0) is 32.6. The third-order valence-corrected chi connectivity index (χ3v) is 9.44. The van der Waals surface area contributed by atoms with Crippen LogP contribution in [0.4, 0.5) is 10.1 Å². The average Bonchev–Trinajstić information content (AvgIpc) is 3.00. The quantitative estimate of drug-likeness (QED) is 0.224. The van der Waals surface area contributed by atoms with Gasteiger partial charge in [0.05, 0.1) is 24.8 Å². The van der Waals surface area contributed by atoms with Gasteiger partial charge in [-0.3, -0.25) is 13.9 Å². The summed E-state index contributed by atoms with van der Waals surface area (Å²) in [5.41, 5.74) is 0.548. The molecule has 0 saturated carbocycles. The maximum atomic E-state index is 14.2. The van der Waals surface area contributed by atoms with E-state index in [-0.39, 0.29) is 40.4 Å². The molecular formula is C31H36Cl2FN3O6S. The van der Waals surface area contributed by atoms with Crippen LogP contribution in [0.3, 0.4) is 0 Å². The molecule has 238 valence electrons. The number of halogens is 3. The molecule has 3 aromatic rings. The summed E-state index contributed by atoms with van der Waals surface area (Å²) >= 11 is 12.5. The van der Waals surface area contributed by atoms with Gasteiger partial charge >= 0.3 is 0 Å². The number of nitrogens with one attached hydrogen (secondary N) is 1. The Balaban J connectivity index is 2.12. The molecule has 9 nitrogen and oxygen atoms in total. The van der Waals surface area contributed by atoms with Crippen LogP contribution < -0.4 is 19.1 Å². The normalized spacial score (nSPS) is 12.6. The molecule has 0 aromatic heterocycles. The van der Waals surface area contributed by atoms with Crippen LogP contribution >= 0.6 is 23.2 Å². The number of sulfonamides is 1. The summed E-state index contributed by atoms with van der Waals surface area (Å²) in [6.07, 6.45) is 0.902. The topological polar surface area (TPSA) is 105 Å². The lowest BCUT2D eigenvalue weighted by Gasteiger charge is -2.34. The van der Waals surface area contributed by atoms with Crippen LogP contribution in [0.1, 0.15) is 39.2 Å². The number of rotatable bonds is 14. The first kappa shape index (κ1) is 34.9. The van der Waals surface area contributed by atoms with E-state index in [1.807, 2.05) is 13.8 Å². The van der Waals surface area contributed by atoms with E-state index in [0.29, 0.717) is 22.8 Å². The summed E-state index contributed by atoms with van der Waals surface area (Å²) in [6, 6.07) is 12.4. The van der Waals surface area contributed by atoms with Crippen molar-refractivity contribution >= 4 is 50.7 Å². The van der Waals surface area contributed by atoms with Gasteiger partial charge in [-0.2, -0.15) is 0 Å². The summed E-state index contributed by atoms with van der Waals surface area (Å²) < 4.78 is 53.5. The third kappa shape index (κ3) is 8.34. The van der Waals surface area contributed by atoms with Crippen molar-refractivity contribution in [2.75, 3.05) is 25.1 Å². The number of anilines is 1. The van der Waals surface area contributed by atoms with Crippen molar-refractivity contribution in [3.8, 4) is 11.5 Å². The molecule has 1 N–H and O–H groups in total. The zero-order valence-electron chi connectivity index (χ0n) is 25.1. The van der Waals surface area contributed by atoms with Gasteiger partial charge in [-0.15, -0.1) is 0 Å². The summed E-state index contributed by atoms with van der Waals surface area (Å²) in [7, 11) is -1.65. The Bertz CT molecular complexity index is 1570. The van der Waals surface area contributed by atoms with Crippen LogP contribution in [0.15, 0.2) is 65.6 Å². The number of amides is 2. The fraction of sp³-hybridized carbons (Fsp3) is 0.355. The molecule has 0 aliphatic heterocycles. The van der Waals surface area contributed by atoms with E-state index in [2.05, 4.69) is 5.32 Å². The fourth-order valence-corrected chi connectivity index (χ4v) is 6.33. The predicted molar refractivity (Wildman–Crippen MR) is 169 cm³/mol. The van der Waals surface area contributed by atoms with Crippen molar-refractivity contribution < 1.29 is 31.9 Å². The van der Waals surface area contributed by atoms with Crippen LogP contribution in [0.5, 0.6) is 11.5 Å². The fourth-order valence-electron chi connectivity index (χ4n) is 4.43. The maximum absolute atomic E-state index is 14.2. The first-order valence-electron chi connectivity index (χ1n) is 13.9. The zero-order valence-corrected chi connectivity index (χ0v) is 27.5. The molecule has 13 heteroatoms. The Kier molecular flexibility index (Phi) is 12.3. The van der Waals surface area contributed by atoms with Crippen LogP contribution in [-0.4, -0.2) is 58.0 Å². The maximum Gasteiger partial charge on any atom is 0.264 e. The molecule has 2 amide bonds. The number of carbonyl (C=O) groups is 2. The van der Waals surface area contributed by atoms with Crippen LogP contribution in [-0.2, 0) is 26.2 Å². The van der Waals surface area contributed by atoms with Gasteiger partial charge in [0.2, 0.25) is 11.8 Å². The highest BCUT2D eigenvalue weighted by Gasteiger charge is 2.34. The Morgan fingerprint density at radius 2 is 1.59 bits per heavy atom. The number of carbonyl (C=O) groups excluding carboxylic acids is 2. The van der Waals surface area contributed by atoms with Crippen molar-refractivity contribution in [2.45, 2.75) is 57.1 Å². The minimum atomic E-state index is -4.43. The largest absolute Gasteiger partial charge is 0.493 e. The number of methoxy groups -OCH3 is 2. The highest BCUT2D eigenvalue weighted by atomic mass is 35.5. The second-order valence-electron chi connectivity index (χ2n) is 10.0. The van der Waals surface area contributed by atoms with Crippen molar-refractivity contribution in [1.82, 2.24) is 10.2 Å². The lowest BCUT2D eigenvalue weighted by atomic mass is 10.1. The molecule has 0 radical (unpaired) electrons. The first-order chi connectivity index (χ1) is 20.9. The van der Waals surface area contributed by atoms with Crippen LogP contribution in [0.2, 0.25) is 10.0 Å². The van der Waals surface area contributed by atoms with E-state index in [4.69, 9.17) is 32.7 Å². The minimum Gasteiger partial charge on any atom is -0.493 e. The van der Waals surface area contributed by atoms with Gasteiger partial charge in [0, 0.05) is 28.7 Å². The van der Waals surface area contributed by atoms with E-state index in [1.54, 1.807) is 19.1 Å². The summed E-state index contributed by atoms with van der Waals surface area (Å²) in [5, 5.41) is 3.58. The Labute approximate surface area is 267 Å². The molecule has 0 aliphatic carbocycles. The number of nitrogens with zero attached hydrogens (tertiary/aromatic N) is 2. The molecule has 0 aliphatic rings. The van der Waals surface area contributed by atoms with Gasteiger partial charge in [0.15, 0.2) is 11.5 Å². The SMILES string of the molecule is CC[C@@H](C)NC(=O)[C@@H](CC)N(Cc1ccc(Cl)cc1Cl)C(=O)CN(c1ccc(F)cc1)S(=O)(=O)c1ccc(OC)c(OC)c1. The number of hydrogen-bond donors (Lipinski definition) is 1. The monoisotopic (exact) mass is 667 g/mol. The molecule has 2 atom stereocenters. The van der Waals surface area contributed by atoms with E-state index in [0.717, 1.165) is 16.4 Å². The molecule has 0 unspecified atom stereocenters. The van der Waals surface area contributed by atoms with E-state index >= 15 is 0 Å². The number of benzene rings is 3. The van der Waals surface area contributed by atoms with Crippen molar-refractivity contribution in [3.63, 3.8) is 0 Å². The molecule has 0 fully saturated rings. The minimum absolute atomic E-state index is 0.0381. The highest BCUT2D eigenvalue weighted by Crippen LogP contribution is 2.33. The number of hydrogen-bond acceptors (Lipinski definition) is 6. The predicted octanol–water partition coefficient (Wildman–Crippen LogP) is 6.07. The molecule has 3 rings (SSSR count). The van der Waals surface area contributed by atoms with Crippen molar-refractivity contribution in [3.05, 3.63) is 82.1 Å². The lowest BCUT2D eigenvalue weighted by Crippen LogP contribution is -2.53. The number of ether oxygens (including phenoxy) is 2. The molecule has 3 aromatic carbocycles. The second-order valence-corrected chi connectivity index (χ2v) is 12.7. The van der Waals surface area contributed by atoms with Crippen molar-refractivity contribution in [2.24, 2.45) is 0 Å². The molecule has 44 heavy (non-hydrogen) atoms. The van der Waals surface area contributed by atoms with E-state index < -0.39 is 40.2 Å². The van der Waals surface area contributed by atoms with Gasteiger partial charge in [0.1, 0.15) is 18.4 Å². The van der Waals surface area contributed by atoms with Gasteiger partial charge in [-0.25, -0.2) is 12.8 Å². The standard InChI is InChI=1S/C31H36Cl2FN3O6S/c1-6-20(3)35-31(39)27(7-2)36(18-21-8-9-22(32)16-26(21)33)30(38)19-37(24-12-10-23(34)11-13-24)44(40,41)25-14-15-28(42-4)29(17-25)43-5/h8-17,20,27H,6-7,18-19H2,1-5H3,(H,35,39)/t20-,27-/m1/s1. The van der Waals surface area contributed by atoms with Crippen molar-refractivity contribution in [1.29, 1.82) is 0 Å². The Morgan fingerprint density at radius 3 is 2.16 bits per heavy atom. The van der Waals surface area contributed by atoms with Gasteiger partial charge < -0.3 is 19.7 Å². The molecule has 0 heterocycles. The third-order valence-electron chi connectivity index (χ3n) is 7.08. The average molecular weight is 669 g/mol. The summed E-state index contributed by atoms with van der Waals surface area (Å²) in [4.78, 5) is 28.7. The smallest absolute Gasteiger partial charge is 0.264 e. The van der Waals surface area contributed by atoms with Gasteiger partial charge in [0.25, 0.3) is 10.0 Å². The lowest BCUT2D eigenvalue weighted by molar-refractivity contribution is -0.140. The molecule has 0 spiro atoms. The van der Waals surface area contributed by atoms with Gasteiger partial charge in [-0.05, 0) is 73.9 Å². The van der Waals surface area contributed by atoms with E-state index in [9.17, 15) is 22.4 Å². The highest BCUT2D eigenvalue weighted by molar-refractivity contribution is 7.92. The van der Waals surface area contributed by atoms with Crippen LogP contribution in [0.25, 0.3) is 0 Å². The Hall–Kier alpha value is -3.54. The first-order valence-corrected chi connectivity index (χ1v) is 16.1. The summed E-state index contributed by atoms with van der Waals surface area (Å²) in [6.45, 7) is 4.71. The molecule has 0 saturated heterocycles. The van der Waals surface area contributed by atoms with Crippen LogP contribution in [0, 0.1) is 5.82 Å². The van der Waals surface area contributed by atoms with E-state index in [1.165, 1.54) is 55.5 Å². The van der Waals surface area contributed by atoms with Gasteiger partial charge in [-0.1, -0.05) is 43.1 Å². The second kappa shape index (κ2) is 15.5.